The number of rotatable bonds is 6. The molecule has 1 saturated carbocycles. The topological polar surface area (TPSA) is 46.6 Å². The minimum atomic E-state index is -0.616. The molecule has 1 heterocycles. The van der Waals surface area contributed by atoms with Crippen LogP contribution in [0.25, 0.3) is 0 Å². The zero-order valence-electron chi connectivity index (χ0n) is 14.9. The molecule has 6 heteroatoms. The van der Waals surface area contributed by atoms with Gasteiger partial charge in [-0.3, -0.25) is 9.69 Å². The number of ether oxygens (including phenoxy) is 1. The number of likely N-dealkylation sites (tertiary alicyclic amines) is 1. The quantitative estimate of drug-likeness (QED) is 0.469. The Morgan fingerprint density at radius 2 is 2.08 bits per heavy atom. The first-order valence-corrected chi connectivity index (χ1v) is 9.60. The van der Waals surface area contributed by atoms with Crippen molar-refractivity contribution in [1.29, 1.82) is 0 Å². The Hall–Kier alpha value is -1.66. The van der Waals surface area contributed by atoms with Gasteiger partial charge in [-0.1, -0.05) is 18.2 Å². The van der Waals surface area contributed by atoms with Crippen molar-refractivity contribution in [3.05, 3.63) is 47.3 Å². The molecule has 2 atom stereocenters. The van der Waals surface area contributed by atoms with Gasteiger partial charge < -0.3 is 4.74 Å². The molecule has 2 aliphatic rings. The van der Waals surface area contributed by atoms with Crippen molar-refractivity contribution in [2.75, 3.05) is 19.7 Å². The highest BCUT2D eigenvalue weighted by Crippen LogP contribution is 2.39. The van der Waals surface area contributed by atoms with Crippen molar-refractivity contribution in [2.45, 2.75) is 37.5 Å². The van der Waals surface area contributed by atoms with Gasteiger partial charge in [0.25, 0.3) is 0 Å². The number of benzene rings is 1. The third-order valence-corrected chi connectivity index (χ3v) is 5.50. The molecule has 140 valence electrons. The highest BCUT2D eigenvalue weighted by atomic mass is 32.1. The van der Waals surface area contributed by atoms with E-state index in [1.165, 1.54) is 12.1 Å². The third-order valence-electron chi connectivity index (χ3n) is 4.91. The molecule has 0 spiro atoms. The van der Waals surface area contributed by atoms with E-state index in [0.717, 1.165) is 18.4 Å². The second-order valence-corrected chi connectivity index (χ2v) is 7.47. The molecular formula is C20H24FNO3S. The van der Waals surface area contributed by atoms with Gasteiger partial charge in [0.1, 0.15) is 5.82 Å². The van der Waals surface area contributed by atoms with Crippen molar-refractivity contribution in [3.63, 3.8) is 0 Å². The first-order chi connectivity index (χ1) is 12.5. The maximum Gasteiger partial charge on any atom is 0.330 e. The molecule has 2 unspecified atom stereocenters. The smallest absolute Gasteiger partial charge is 0.330 e. The van der Waals surface area contributed by atoms with Crippen molar-refractivity contribution in [2.24, 2.45) is 5.92 Å². The highest BCUT2D eigenvalue weighted by Gasteiger charge is 2.40. The van der Waals surface area contributed by atoms with Gasteiger partial charge in [0.05, 0.1) is 12.6 Å². The van der Waals surface area contributed by atoms with Gasteiger partial charge in [0.15, 0.2) is 5.78 Å². The number of carbonyl (C=O) groups excluding carboxylic acids is 2. The highest BCUT2D eigenvalue weighted by molar-refractivity contribution is 7.81. The van der Waals surface area contributed by atoms with Gasteiger partial charge in [-0.25, -0.2) is 9.18 Å². The molecule has 0 radical (unpaired) electrons. The Balaban J connectivity index is 1.88. The fraction of sp³-hybridized carbons (Fsp3) is 0.500. The van der Waals surface area contributed by atoms with Crippen LogP contribution in [0.15, 0.2) is 35.9 Å². The van der Waals surface area contributed by atoms with E-state index in [9.17, 15) is 14.0 Å². The molecule has 3 rings (SSSR count). The molecule has 0 bridgehead atoms. The lowest BCUT2D eigenvalue weighted by atomic mass is 9.93. The molecule has 1 aliphatic heterocycles. The van der Waals surface area contributed by atoms with Crippen LogP contribution in [0.5, 0.6) is 0 Å². The van der Waals surface area contributed by atoms with Crippen LogP contribution in [0.3, 0.4) is 0 Å². The van der Waals surface area contributed by atoms with E-state index >= 15 is 0 Å². The number of hydrogen-bond donors (Lipinski definition) is 1. The summed E-state index contributed by atoms with van der Waals surface area (Å²) in [6, 6.07) is 5.84. The molecule has 0 aromatic heterocycles. The molecule has 1 saturated heterocycles. The second-order valence-electron chi connectivity index (χ2n) is 6.85. The van der Waals surface area contributed by atoms with E-state index in [1.807, 2.05) is 4.90 Å². The number of hydrogen-bond acceptors (Lipinski definition) is 5. The van der Waals surface area contributed by atoms with E-state index in [1.54, 1.807) is 25.1 Å². The van der Waals surface area contributed by atoms with Gasteiger partial charge in [0, 0.05) is 35.9 Å². The van der Waals surface area contributed by atoms with Crippen LogP contribution >= 0.6 is 12.6 Å². The van der Waals surface area contributed by atoms with Crippen LogP contribution in [-0.4, -0.2) is 41.6 Å². The maximum absolute atomic E-state index is 14.4. The molecule has 26 heavy (non-hydrogen) atoms. The van der Waals surface area contributed by atoms with Crippen LogP contribution < -0.4 is 0 Å². The Morgan fingerprint density at radius 3 is 2.73 bits per heavy atom. The Kier molecular flexibility index (Phi) is 6.14. The number of ketones is 1. The van der Waals surface area contributed by atoms with Crippen molar-refractivity contribution in [3.8, 4) is 0 Å². The summed E-state index contributed by atoms with van der Waals surface area (Å²) in [5.74, 6) is -0.677. The summed E-state index contributed by atoms with van der Waals surface area (Å²) in [6.45, 7) is 3.10. The van der Waals surface area contributed by atoms with E-state index in [-0.39, 0.29) is 22.8 Å². The molecule has 4 nitrogen and oxygen atoms in total. The lowest BCUT2D eigenvalue weighted by Gasteiger charge is -2.37. The molecule has 1 aromatic carbocycles. The normalized spacial score (nSPS) is 23.7. The summed E-state index contributed by atoms with van der Waals surface area (Å²) in [5.41, 5.74) is 1.22. The number of carbonyl (C=O) groups is 2. The Labute approximate surface area is 158 Å². The van der Waals surface area contributed by atoms with Crippen LogP contribution in [0.1, 0.15) is 37.8 Å². The fourth-order valence-electron chi connectivity index (χ4n) is 3.41. The van der Waals surface area contributed by atoms with Crippen molar-refractivity contribution >= 4 is 24.4 Å². The Morgan fingerprint density at radius 1 is 1.35 bits per heavy atom. The van der Waals surface area contributed by atoms with Crippen molar-refractivity contribution in [1.82, 2.24) is 4.90 Å². The van der Waals surface area contributed by atoms with Crippen LogP contribution in [-0.2, 0) is 14.3 Å². The van der Waals surface area contributed by atoms with Gasteiger partial charge in [0.2, 0.25) is 0 Å². The second kappa shape index (κ2) is 8.35. The Bertz CT molecular complexity index is 717. The first kappa shape index (κ1) is 19.1. The summed E-state index contributed by atoms with van der Waals surface area (Å²) in [4.78, 5) is 26.7. The van der Waals surface area contributed by atoms with Crippen LogP contribution in [0.4, 0.5) is 4.39 Å². The number of thiol groups is 1. The molecule has 1 aromatic rings. The van der Waals surface area contributed by atoms with Crippen LogP contribution in [0.2, 0.25) is 0 Å². The SMILES string of the molecule is CCOC(=O)/C=C1\CN(C(C(=O)C2CC2)c2ccccc2F)CCC1S. The summed E-state index contributed by atoms with van der Waals surface area (Å²) in [7, 11) is 0. The standard InChI is InChI=1S/C20H24FNO3S/c1-2-25-18(23)11-14-12-22(10-9-17(14)26)19(20(24)13-7-8-13)15-5-3-4-6-16(15)21/h3-6,11,13,17,19,26H,2,7-10,12H2,1H3/b14-11+. The molecule has 2 fully saturated rings. The van der Waals surface area contributed by atoms with Gasteiger partial charge in [-0.2, -0.15) is 12.6 Å². The summed E-state index contributed by atoms with van der Waals surface area (Å²) in [6.07, 6.45) is 3.90. The molecule has 1 aliphatic carbocycles. The monoisotopic (exact) mass is 377 g/mol. The fourth-order valence-corrected chi connectivity index (χ4v) is 3.68. The minimum absolute atomic E-state index is 0.0193. The summed E-state index contributed by atoms with van der Waals surface area (Å²) < 4.78 is 19.4. The predicted molar refractivity (Wildman–Crippen MR) is 101 cm³/mol. The average Bonchev–Trinajstić information content (AvgIpc) is 3.45. The lowest BCUT2D eigenvalue weighted by molar-refractivity contribution is -0.137. The van der Waals surface area contributed by atoms with Gasteiger partial charge in [-0.15, -0.1) is 0 Å². The zero-order chi connectivity index (χ0) is 18.7. The van der Waals surface area contributed by atoms with E-state index < -0.39 is 12.0 Å². The van der Waals surface area contributed by atoms with Gasteiger partial charge >= 0.3 is 5.97 Å². The zero-order valence-corrected chi connectivity index (χ0v) is 15.8. The molecule has 0 N–H and O–H groups in total. The predicted octanol–water partition coefficient (Wildman–Crippen LogP) is 3.34. The summed E-state index contributed by atoms with van der Waals surface area (Å²) >= 11 is 4.56. The summed E-state index contributed by atoms with van der Waals surface area (Å²) in [5, 5.41) is -0.0621. The van der Waals surface area contributed by atoms with E-state index in [4.69, 9.17) is 4.74 Å². The van der Waals surface area contributed by atoms with E-state index in [2.05, 4.69) is 12.6 Å². The maximum atomic E-state index is 14.4. The lowest BCUT2D eigenvalue weighted by Crippen LogP contribution is -2.42. The number of piperidine rings is 1. The first-order valence-electron chi connectivity index (χ1n) is 9.08. The largest absolute Gasteiger partial charge is 0.463 e. The van der Waals surface area contributed by atoms with E-state index in [0.29, 0.717) is 31.7 Å². The minimum Gasteiger partial charge on any atom is -0.463 e. The number of esters is 1. The van der Waals surface area contributed by atoms with Crippen molar-refractivity contribution < 1.29 is 18.7 Å². The molecule has 0 amide bonds. The van der Waals surface area contributed by atoms with Gasteiger partial charge in [-0.05, 0) is 37.8 Å². The van der Waals surface area contributed by atoms with Crippen LogP contribution in [0, 0.1) is 11.7 Å². The molecular weight excluding hydrogens is 353 g/mol. The average molecular weight is 377 g/mol. The number of halogens is 1. The number of Topliss-reactive ketones (excluding diaryl/α,β-unsaturated/α-hetero) is 1. The number of nitrogens with zero attached hydrogens (tertiary/aromatic N) is 1. The third kappa shape index (κ3) is 4.35.